The predicted octanol–water partition coefficient (Wildman–Crippen LogP) is 2.06. The molecule has 0 spiro atoms. The first-order chi connectivity index (χ1) is 12.3. The van der Waals surface area contributed by atoms with E-state index in [9.17, 15) is 18.0 Å². The van der Waals surface area contributed by atoms with Crippen molar-refractivity contribution in [3.05, 3.63) is 35.9 Å². The van der Waals surface area contributed by atoms with E-state index in [0.29, 0.717) is 13.1 Å². The normalized spacial score (nSPS) is 20.7. The van der Waals surface area contributed by atoms with Crippen LogP contribution in [0.1, 0.15) is 18.5 Å². The Morgan fingerprint density at radius 3 is 2.65 bits per heavy atom. The van der Waals surface area contributed by atoms with Crippen LogP contribution < -0.4 is 5.32 Å². The molecule has 1 aromatic rings. The second-order valence-electron chi connectivity index (χ2n) is 6.58. The first-order valence-corrected chi connectivity index (χ1v) is 8.70. The van der Waals surface area contributed by atoms with Gasteiger partial charge in [0.05, 0.1) is 0 Å². The largest absolute Gasteiger partial charge is 0.411 e. The number of likely N-dealkylation sites (N-methyl/N-ethyl adjacent to an activating group) is 1. The number of halogens is 3. The number of ether oxygens (including phenoxy) is 1. The molecule has 0 saturated carbocycles. The third kappa shape index (κ3) is 6.59. The summed E-state index contributed by atoms with van der Waals surface area (Å²) in [7, 11) is 2.08. The van der Waals surface area contributed by atoms with Gasteiger partial charge in [0.25, 0.3) is 0 Å². The van der Waals surface area contributed by atoms with Crippen LogP contribution in [-0.4, -0.2) is 74.4 Å². The summed E-state index contributed by atoms with van der Waals surface area (Å²) >= 11 is 0. The second-order valence-corrected chi connectivity index (χ2v) is 6.58. The maximum atomic E-state index is 12.1. The monoisotopic (exact) mass is 373 g/mol. The van der Waals surface area contributed by atoms with E-state index in [1.165, 1.54) is 12.5 Å². The Hall–Kier alpha value is -1.64. The standard InChI is InChI=1S/C18H26F3N3O2/c1-14(26-13-18(19,20)21)17(25)22-8-9-24-11-10-23(2)12-16(24)15-6-4-3-5-7-15/h3-7,14,16H,8-13H2,1-2H3,(H,22,25)/t14-,16-/m0/s1. The Morgan fingerprint density at radius 1 is 1.31 bits per heavy atom. The molecule has 1 heterocycles. The molecule has 146 valence electrons. The fourth-order valence-electron chi connectivity index (χ4n) is 2.98. The molecule has 26 heavy (non-hydrogen) atoms. The molecule has 8 heteroatoms. The van der Waals surface area contributed by atoms with Crippen molar-refractivity contribution in [1.82, 2.24) is 15.1 Å². The van der Waals surface area contributed by atoms with Gasteiger partial charge >= 0.3 is 6.18 Å². The number of carbonyl (C=O) groups is 1. The summed E-state index contributed by atoms with van der Waals surface area (Å²) in [5.74, 6) is -0.528. The smallest absolute Gasteiger partial charge is 0.359 e. The maximum absolute atomic E-state index is 12.1. The summed E-state index contributed by atoms with van der Waals surface area (Å²) in [5.41, 5.74) is 1.22. The van der Waals surface area contributed by atoms with E-state index in [0.717, 1.165) is 19.6 Å². The van der Waals surface area contributed by atoms with E-state index in [1.54, 1.807) is 0 Å². The van der Waals surface area contributed by atoms with Crippen molar-refractivity contribution in [2.75, 3.05) is 46.4 Å². The lowest BCUT2D eigenvalue weighted by atomic mass is 10.0. The van der Waals surface area contributed by atoms with Crippen LogP contribution in [-0.2, 0) is 9.53 Å². The molecule has 2 rings (SSSR count). The van der Waals surface area contributed by atoms with Crippen molar-refractivity contribution in [3.63, 3.8) is 0 Å². The molecule has 0 aliphatic carbocycles. The van der Waals surface area contributed by atoms with Crippen LogP contribution in [0.25, 0.3) is 0 Å². The van der Waals surface area contributed by atoms with E-state index in [2.05, 4.69) is 39.0 Å². The number of nitrogens with one attached hydrogen (secondary N) is 1. The second kappa shape index (κ2) is 9.34. The maximum Gasteiger partial charge on any atom is 0.411 e. The van der Waals surface area contributed by atoms with Gasteiger partial charge in [-0.25, -0.2) is 0 Å². The quantitative estimate of drug-likeness (QED) is 0.795. The van der Waals surface area contributed by atoms with Gasteiger partial charge in [-0.05, 0) is 19.5 Å². The lowest BCUT2D eigenvalue weighted by Crippen LogP contribution is -2.49. The van der Waals surface area contributed by atoms with Crippen molar-refractivity contribution in [2.45, 2.75) is 25.2 Å². The molecule has 1 fully saturated rings. The molecule has 0 aromatic heterocycles. The Labute approximate surface area is 152 Å². The summed E-state index contributed by atoms with van der Waals surface area (Å²) in [4.78, 5) is 16.4. The van der Waals surface area contributed by atoms with E-state index < -0.39 is 24.8 Å². The van der Waals surface area contributed by atoms with Crippen molar-refractivity contribution in [2.24, 2.45) is 0 Å². The lowest BCUT2D eigenvalue weighted by Gasteiger charge is -2.40. The average Bonchev–Trinajstić information content (AvgIpc) is 2.60. The number of hydrogen-bond acceptors (Lipinski definition) is 4. The first-order valence-electron chi connectivity index (χ1n) is 8.70. The summed E-state index contributed by atoms with van der Waals surface area (Å²) in [6.07, 6.45) is -5.56. The topological polar surface area (TPSA) is 44.8 Å². The summed E-state index contributed by atoms with van der Waals surface area (Å²) < 4.78 is 41.0. The number of amides is 1. The van der Waals surface area contributed by atoms with Gasteiger partial charge < -0.3 is 15.0 Å². The fraction of sp³-hybridized carbons (Fsp3) is 0.611. The number of hydrogen-bond donors (Lipinski definition) is 1. The molecule has 0 radical (unpaired) electrons. The summed E-state index contributed by atoms with van der Waals surface area (Å²) in [5, 5.41) is 2.66. The van der Waals surface area contributed by atoms with Gasteiger partial charge in [0.15, 0.2) is 0 Å². The first kappa shape index (κ1) is 20.7. The van der Waals surface area contributed by atoms with Gasteiger partial charge in [0, 0.05) is 38.8 Å². The van der Waals surface area contributed by atoms with Crippen LogP contribution in [0.2, 0.25) is 0 Å². The molecular formula is C18H26F3N3O2. The molecule has 1 saturated heterocycles. The van der Waals surface area contributed by atoms with Gasteiger partial charge in [-0.2, -0.15) is 13.2 Å². The lowest BCUT2D eigenvalue weighted by molar-refractivity contribution is -0.185. The zero-order valence-corrected chi connectivity index (χ0v) is 15.1. The average molecular weight is 373 g/mol. The van der Waals surface area contributed by atoms with Crippen LogP contribution in [0.5, 0.6) is 0 Å². The van der Waals surface area contributed by atoms with Gasteiger partial charge in [-0.3, -0.25) is 9.69 Å². The van der Waals surface area contributed by atoms with E-state index >= 15 is 0 Å². The molecule has 5 nitrogen and oxygen atoms in total. The van der Waals surface area contributed by atoms with Gasteiger partial charge in [0.2, 0.25) is 5.91 Å². The van der Waals surface area contributed by atoms with Crippen molar-refractivity contribution >= 4 is 5.91 Å². The minimum atomic E-state index is -4.43. The molecule has 1 N–H and O–H groups in total. The van der Waals surface area contributed by atoms with Crippen LogP contribution in [0.15, 0.2) is 30.3 Å². The molecular weight excluding hydrogens is 347 g/mol. The van der Waals surface area contributed by atoms with Crippen molar-refractivity contribution < 1.29 is 22.7 Å². The number of benzene rings is 1. The number of carbonyl (C=O) groups excluding carboxylic acids is 1. The Bertz CT molecular complexity index is 569. The van der Waals surface area contributed by atoms with Gasteiger partial charge in [0.1, 0.15) is 12.7 Å². The highest BCUT2D eigenvalue weighted by Crippen LogP contribution is 2.24. The summed E-state index contributed by atoms with van der Waals surface area (Å²) in [6.45, 7) is 3.59. The number of alkyl halides is 3. The van der Waals surface area contributed by atoms with Gasteiger partial charge in [-0.15, -0.1) is 0 Å². The third-order valence-corrected chi connectivity index (χ3v) is 4.44. The van der Waals surface area contributed by atoms with Crippen molar-refractivity contribution in [1.29, 1.82) is 0 Å². The predicted molar refractivity (Wildman–Crippen MR) is 92.7 cm³/mol. The highest BCUT2D eigenvalue weighted by Gasteiger charge is 2.30. The van der Waals surface area contributed by atoms with Gasteiger partial charge in [-0.1, -0.05) is 30.3 Å². The highest BCUT2D eigenvalue weighted by atomic mass is 19.4. The Morgan fingerprint density at radius 2 is 2.00 bits per heavy atom. The molecule has 2 atom stereocenters. The zero-order valence-electron chi connectivity index (χ0n) is 15.1. The fourth-order valence-corrected chi connectivity index (χ4v) is 2.98. The minimum absolute atomic E-state index is 0.228. The molecule has 1 aliphatic heterocycles. The minimum Gasteiger partial charge on any atom is -0.359 e. The van der Waals surface area contributed by atoms with E-state index in [1.807, 2.05) is 18.2 Å². The number of piperazine rings is 1. The molecule has 1 aliphatic rings. The van der Waals surface area contributed by atoms with Crippen LogP contribution >= 0.6 is 0 Å². The van der Waals surface area contributed by atoms with Crippen LogP contribution in [0.3, 0.4) is 0 Å². The Balaban J connectivity index is 1.82. The van der Waals surface area contributed by atoms with E-state index in [4.69, 9.17) is 0 Å². The SMILES string of the molecule is C[C@H](OCC(F)(F)F)C(=O)NCCN1CCN(C)C[C@H]1c1ccccc1. The molecule has 0 bridgehead atoms. The highest BCUT2D eigenvalue weighted by molar-refractivity contribution is 5.80. The molecule has 1 amide bonds. The van der Waals surface area contributed by atoms with Crippen LogP contribution in [0, 0.1) is 0 Å². The Kier molecular flexibility index (Phi) is 7.43. The molecule has 0 unspecified atom stereocenters. The summed E-state index contributed by atoms with van der Waals surface area (Å²) in [6, 6.07) is 10.4. The zero-order chi connectivity index (χ0) is 19.2. The third-order valence-electron chi connectivity index (χ3n) is 4.44. The molecule has 1 aromatic carbocycles. The van der Waals surface area contributed by atoms with E-state index in [-0.39, 0.29) is 6.04 Å². The number of rotatable bonds is 7. The number of nitrogens with zero attached hydrogens (tertiary/aromatic N) is 2. The van der Waals surface area contributed by atoms with Crippen molar-refractivity contribution in [3.8, 4) is 0 Å². The van der Waals surface area contributed by atoms with Crippen LogP contribution in [0.4, 0.5) is 13.2 Å².